The highest BCUT2D eigenvalue weighted by Crippen LogP contribution is 2.20. The molecule has 1 heterocycles. The molecule has 1 unspecified atom stereocenters. The molecule has 0 saturated heterocycles. The van der Waals surface area contributed by atoms with Crippen molar-refractivity contribution in [1.82, 2.24) is 14.9 Å². The Morgan fingerprint density at radius 1 is 1.29 bits per heavy atom. The molecule has 1 aromatic heterocycles. The molecule has 2 rings (SSSR count). The number of nitrogens with one attached hydrogen (secondary N) is 1. The second-order valence-corrected chi connectivity index (χ2v) is 5.30. The highest BCUT2D eigenvalue weighted by Gasteiger charge is 2.12. The van der Waals surface area contributed by atoms with Gasteiger partial charge >= 0.3 is 0 Å². The van der Waals surface area contributed by atoms with Gasteiger partial charge in [0.25, 0.3) is 0 Å². The summed E-state index contributed by atoms with van der Waals surface area (Å²) in [5.74, 6) is 1.65. The third kappa shape index (κ3) is 4.99. The van der Waals surface area contributed by atoms with Gasteiger partial charge in [-0.3, -0.25) is 0 Å². The largest absolute Gasteiger partial charge is 0.383 e. The molecule has 0 spiro atoms. The molecule has 4 nitrogen and oxygen atoms in total. The van der Waals surface area contributed by atoms with E-state index in [1.165, 1.54) is 5.56 Å². The van der Waals surface area contributed by atoms with Crippen molar-refractivity contribution in [3.8, 4) is 0 Å². The highest BCUT2D eigenvalue weighted by molar-refractivity contribution is 5.20. The average molecular weight is 287 g/mol. The number of hydrogen-bond acceptors (Lipinski definition) is 3. The first-order valence-corrected chi connectivity index (χ1v) is 7.52. The van der Waals surface area contributed by atoms with Crippen molar-refractivity contribution in [1.29, 1.82) is 0 Å². The summed E-state index contributed by atoms with van der Waals surface area (Å²) >= 11 is 0. The molecule has 4 heteroatoms. The van der Waals surface area contributed by atoms with Gasteiger partial charge in [-0.1, -0.05) is 30.3 Å². The molecule has 0 saturated carbocycles. The van der Waals surface area contributed by atoms with Crippen LogP contribution in [0.25, 0.3) is 0 Å². The molecule has 0 aliphatic rings. The van der Waals surface area contributed by atoms with Crippen LogP contribution in [0.2, 0.25) is 0 Å². The lowest BCUT2D eigenvalue weighted by Crippen LogP contribution is -2.25. The van der Waals surface area contributed by atoms with Crippen molar-refractivity contribution in [3.05, 3.63) is 54.1 Å². The summed E-state index contributed by atoms with van der Waals surface area (Å²) in [6.45, 7) is 2.61. The molecule has 0 aliphatic carbocycles. The number of aromatic nitrogens is 2. The van der Waals surface area contributed by atoms with Crippen molar-refractivity contribution in [2.75, 3.05) is 26.8 Å². The van der Waals surface area contributed by atoms with E-state index in [1.807, 2.05) is 12.4 Å². The zero-order valence-electron chi connectivity index (χ0n) is 13.0. The molecule has 114 valence electrons. The monoisotopic (exact) mass is 287 g/mol. The van der Waals surface area contributed by atoms with E-state index in [4.69, 9.17) is 4.74 Å². The van der Waals surface area contributed by atoms with E-state index in [0.29, 0.717) is 5.92 Å². The molecule has 0 radical (unpaired) electrons. The van der Waals surface area contributed by atoms with Crippen LogP contribution < -0.4 is 5.32 Å². The molecule has 1 aromatic carbocycles. The van der Waals surface area contributed by atoms with Crippen molar-refractivity contribution >= 4 is 0 Å². The quantitative estimate of drug-likeness (QED) is 0.720. The Bertz CT molecular complexity index is 510. The van der Waals surface area contributed by atoms with E-state index in [1.54, 1.807) is 7.11 Å². The van der Waals surface area contributed by atoms with Gasteiger partial charge in [0.2, 0.25) is 0 Å². The Morgan fingerprint density at radius 3 is 2.76 bits per heavy atom. The minimum atomic E-state index is 0.500. The number of ether oxygens (including phenoxy) is 1. The predicted molar refractivity (Wildman–Crippen MR) is 85.5 cm³/mol. The number of rotatable bonds is 9. The summed E-state index contributed by atoms with van der Waals surface area (Å²) in [5, 5.41) is 3.48. The molecule has 0 bridgehead atoms. The second kappa shape index (κ2) is 8.60. The maximum atomic E-state index is 5.09. The zero-order chi connectivity index (χ0) is 14.9. The number of aryl methyl sites for hydroxylation is 2. The van der Waals surface area contributed by atoms with Gasteiger partial charge in [0.15, 0.2) is 0 Å². The summed E-state index contributed by atoms with van der Waals surface area (Å²) < 4.78 is 7.19. The third-order valence-corrected chi connectivity index (χ3v) is 3.78. The van der Waals surface area contributed by atoms with Gasteiger partial charge < -0.3 is 14.6 Å². The maximum Gasteiger partial charge on any atom is 0.108 e. The Hall–Kier alpha value is -1.65. The van der Waals surface area contributed by atoms with Crippen LogP contribution in [0.15, 0.2) is 42.7 Å². The van der Waals surface area contributed by atoms with E-state index in [-0.39, 0.29) is 0 Å². The standard InChI is InChI=1S/C17H25N3O/c1-20-12-10-19-17(20)9-8-16(14-18-11-13-21-2)15-6-4-3-5-7-15/h3-7,10,12,16,18H,8-9,11,13-14H2,1-2H3. The van der Waals surface area contributed by atoms with E-state index >= 15 is 0 Å². The van der Waals surface area contributed by atoms with Crippen LogP contribution in [-0.4, -0.2) is 36.4 Å². The number of hydrogen-bond donors (Lipinski definition) is 1. The average Bonchev–Trinajstić information content (AvgIpc) is 2.93. The van der Waals surface area contributed by atoms with E-state index in [9.17, 15) is 0 Å². The maximum absolute atomic E-state index is 5.09. The fraction of sp³-hybridized carbons (Fsp3) is 0.471. The fourth-order valence-electron chi connectivity index (χ4n) is 2.50. The summed E-state index contributed by atoms with van der Waals surface area (Å²) in [4.78, 5) is 4.41. The van der Waals surface area contributed by atoms with Gasteiger partial charge in [-0.15, -0.1) is 0 Å². The van der Waals surface area contributed by atoms with Crippen molar-refractivity contribution in [2.45, 2.75) is 18.8 Å². The summed E-state index contributed by atoms with van der Waals surface area (Å²) in [6.07, 6.45) is 5.96. The summed E-state index contributed by atoms with van der Waals surface area (Å²) in [6, 6.07) is 10.7. The molecular formula is C17H25N3O. The van der Waals surface area contributed by atoms with E-state index in [0.717, 1.165) is 38.4 Å². The summed E-state index contributed by atoms with van der Waals surface area (Å²) in [5.41, 5.74) is 1.39. The van der Waals surface area contributed by atoms with Crippen LogP contribution in [-0.2, 0) is 18.2 Å². The normalized spacial score (nSPS) is 12.5. The number of methoxy groups -OCH3 is 1. The Balaban J connectivity index is 1.93. The van der Waals surface area contributed by atoms with Crippen LogP contribution in [0.4, 0.5) is 0 Å². The zero-order valence-corrected chi connectivity index (χ0v) is 13.0. The second-order valence-electron chi connectivity index (χ2n) is 5.30. The van der Waals surface area contributed by atoms with Crippen molar-refractivity contribution < 1.29 is 4.74 Å². The molecule has 0 amide bonds. The van der Waals surface area contributed by atoms with Crippen LogP contribution in [0, 0.1) is 0 Å². The van der Waals surface area contributed by atoms with E-state index in [2.05, 4.69) is 52.2 Å². The van der Waals surface area contributed by atoms with Gasteiger partial charge in [0.05, 0.1) is 6.61 Å². The number of benzene rings is 1. The SMILES string of the molecule is COCCNCC(CCc1nccn1C)c1ccccc1. The lowest BCUT2D eigenvalue weighted by Gasteiger charge is -2.18. The predicted octanol–water partition coefficient (Wildman–Crippen LogP) is 2.37. The summed E-state index contributed by atoms with van der Waals surface area (Å²) in [7, 11) is 3.79. The van der Waals surface area contributed by atoms with Gasteiger partial charge in [-0.2, -0.15) is 0 Å². The topological polar surface area (TPSA) is 39.1 Å². The smallest absolute Gasteiger partial charge is 0.108 e. The molecule has 2 aromatic rings. The molecule has 0 fully saturated rings. The third-order valence-electron chi connectivity index (χ3n) is 3.78. The number of nitrogens with zero attached hydrogens (tertiary/aromatic N) is 2. The first-order valence-electron chi connectivity index (χ1n) is 7.52. The molecule has 1 N–H and O–H groups in total. The highest BCUT2D eigenvalue weighted by atomic mass is 16.5. The number of imidazole rings is 1. The lowest BCUT2D eigenvalue weighted by atomic mass is 9.94. The minimum absolute atomic E-state index is 0.500. The van der Waals surface area contributed by atoms with Gasteiger partial charge in [0, 0.05) is 46.1 Å². The van der Waals surface area contributed by atoms with Gasteiger partial charge in [-0.05, 0) is 17.9 Å². The van der Waals surface area contributed by atoms with Crippen LogP contribution in [0.5, 0.6) is 0 Å². The minimum Gasteiger partial charge on any atom is -0.383 e. The Morgan fingerprint density at radius 2 is 2.10 bits per heavy atom. The first kappa shape index (κ1) is 15.7. The van der Waals surface area contributed by atoms with Crippen molar-refractivity contribution in [3.63, 3.8) is 0 Å². The van der Waals surface area contributed by atoms with Gasteiger partial charge in [-0.25, -0.2) is 4.98 Å². The molecule has 21 heavy (non-hydrogen) atoms. The Labute approximate surface area is 127 Å². The molecular weight excluding hydrogens is 262 g/mol. The first-order chi connectivity index (χ1) is 10.3. The Kier molecular flexibility index (Phi) is 6.44. The molecule has 0 aliphatic heterocycles. The van der Waals surface area contributed by atoms with E-state index < -0.39 is 0 Å². The van der Waals surface area contributed by atoms with Crippen LogP contribution >= 0.6 is 0 Å². The van der Waals surface area contributed by atoms with Crippen LogP contribution in [0.3, 0.4) is 0 Å². The van der Waals surface area contributed by atoms with Gasteiger partial charge in [0.1, 0.15) is 5.82 Å². The fourth-order valence-corrected chi connectivity index (χ4v) is 2.50. The lowest BCUT2D eigenvalue weighted by molar-refractivity contribution is 0.198. The molecule has 1 atom stereocenters. The van der Waals surface area contributed by atoms with Crippen molar-refractivity contribution in [2.24, 2.45) is 7.05 Å². The van der Waals surface area contributed by atoms with Crippen LogP contribution in [0.1, 0.15) is 23.7 Å².